The van der Waals surface area contributed by atoms with Crippen LogP contribution >= 0.6 is 15.9 Å². The Balaban J connectivity index is 2.95. The van der Waals surface area contributed by atoms with Crippen LogP contribution < -0.4 is 4.74 Å². The van der Waals surface area contributed by atoms with Gasteiger partial charge in [0.15, 0.2) is 0 Å². The lowest BCUT2D eigenvalue weighted by Gasteiger charge is -2.11. The third-order valence-corrected chi connectivity index (χ3v) is 1.98. The van der Waals surface area contributed by atoms with Crippen LogP contribution in [0.15, 0.2) is 22.7 Å². The van der Waals surface area contributed by atoms with Crippen molar-refractivity contribution in [3.63, 3.8) is 0 Å². The number of benzene rings is 1. The Kier molecular flexibility index (Phi) is 3.86. The molecule has 0 aliphatic carbocycles. The van der Waals surface area contributed by atoms with E-state index >= 15 is 0 Å². The summed E-state index contributed by atoms with van der Waals surface area (Å²) in [6.45, 7) is 3.70. The molecule has 0 aromatic heterocycles. The minimum Gasteiger partial charge on any atom is -0.491 e. The first kappa shape index (κ1) is 11.4. The molecule has 0 unspecified atom stereocenters. The van der Waals surface area contributed by atoms with Gasteiger partial charge in [0.05, 0.1) is 6.10 Å². The highest BCUT2D eigenvalue weighted by atomic mass is 79.9. The fraction of sp³-hybridized carbons (Fsp3) is 0.400. The molecule has 0 aliphatic heterocycles. The first-order chi connectivity index (χ1) is 6.49. The van der Waals surface area contributed by atoms with Crippen LogP contribution in [0.25, 0.3) is 0 Å². The second kappa shape index (κ2) is 4.73. The molecular weight excluding hydrogens is 254 g/mol. The molecule has 14 heavy (non-hydrogen) atoms. The molecule has 0 spiro atoms. The Labute approximate surface area is 90.2 Å². The first-order valence-electron chi connectivity index (χ1n) is 4.24. The lowest BCUT2D eigenvalue weighted by atomic mass is 10.2. The van der Waals surface area contributed by atoms with Crippen molar-refractivity contribution in [2.45, 2.75) is 26.4 Å². The fourth-order valence-corrected chi connectivity index (χ4v) is 1.54. The van der Waals surface area contributed by atoms with Gasteiger partial charge >= 0.3 is 0 Å². The van der Waals surface area contributed by atoms with Gasteiger partial charge < -0.3 is 4.74 Å². The van der Waals surface area contributed by atoms with Crippen molar-refractivity contribution in [2.24, 2.45) is 0 Å². The predicted octanol–water partition coefficient (Wildman–Crippen LogP) is 4.17. The standard InChI is InChI=1S/C10H11BrF2O/c1-6(2)14-9-4-7(10(12)13)3-8(11)5-9/h3-6,10H,1-2H3. The summed E-state index contributed by atoms with van der Waals surface area (Å²) in [6, 6.07) is 4.42. The molecule has 0 amide bonds. The second-order valence-electron chi connectivity index (χ2n) is 3.19. The van der Waals surface area contributed by atoms with Gasteiger partial charge in [-0.25, -0.2) is 8.78 Å². The van der Waals surface area contributed by atoms with Crippen molar-refractivity contribution in [2.75, 3.05) is 0 Å². The van der Waals surface area contributed by atoms with E-state index < -0.39 is 6.43 Å². The van der Waals surface area contributed by atoms with E-state index in [1.807, 2.05) is 13.8 Å². The molecule has 0 N–H and O–H groups in total. The first-order valence-corrected chi connectivity index (χ1v) is 5.03. The normalized spacial score (nSPS) is 11.1. The maximum Gasteiger partial charge on any atom is 0.264 e. The molecule has 1 nitrogen and oxygen atoms in total. The highest BCUT2D eigenvalue weighted by molar-refractivity contribution is 9.10. The van der Waals surface area contributed by atoms with Gasteiger partial charge in [-0.3, -0.25) is 0 Å². The number of halogens is 3. The zero-order valence-corrected chi connectivity index (χ0v) is 9.51. The van der Waals surface area contributed by atoms with Crippen LogP contribution in [0, 0.1) is 0 Å². The second-order valence-corrected chi connectivity index (χ2v) is 4.10. The van der Waals surface area contributed by atoms with Crippen molar-refractivity contribution >= 4 is 15.9 Å². The summed E-state index contributed by atoms with van der Waals surface area (Å²) >= 11 is 3.16. The van der Waals surface area contributed by atoms with E-state index in [2.05, 4.69) is 15.9 Å². The molecule has 78 valence electrons. The van der Waals surface area contributed by atoms with Gasteiger partial charge in [0.1, 0.15) is 5.75 Å². The van der Waals surface area contributed by atoms with Gasteiger partial charge in [-0.15, -0.1) is 0 Å². The van der Waals surface area contributed by atoms with Crippen molar-refractivity contribution in [3.8, 4) is 5.75 Å². The number of hydrogen-bond acceptors (Lipinski definition) is 1. The average molecular weight is 265 g/mol. The minimum absolute atomic E-state index is 0.0187. The van der Waals surface area contributed by atoms with Crippen LogP contribution in [0.5, 0.6) is 5.75 Å². The Morgan fingerprint density at radius 3 is 2.36 bits per heavy atom. The average Bonchev–Trinajstić information content (AvgIpc) is 2.01. The highest BCUT2D eigenvalue weighted by Crippen LogP contribution is 2.28. The van der Waals surface area contributed by atoms with Crippen molar-refractivity contribution in [3.05, 3.63) is 28.2 Å². The van der Waals surface area contributed by atoms with Crippen LogP contribution in [0.1, 0.15) is 25.8 Å². The summed E-state index contributed by atoms with van der Waals surface area (Å²) in [7, 11) is 0. The largest absolute Gasteiger partial charge is 0.491 e. The number of ether oxygens (including phenoxy) is 1. The summed E-state index contributed by atoms with van der Waals surface area (Å²) in [4.78, 5) is 0. The third-order valence-electron chi connectivity index (χ3n) is 1.52. The summed E-state index contributed by atoms with van der Waals surface area (Å²) in [6.07, 6.45) is -2.49. The highest BCUT2D eigenvalue weighted by Gasteiger charge is 2.10. The van der Waals surface area contributed by atoms with Crippen LogP contribution in [0.3, 0.4) is 0 Å². The van der Waals surface area contributed by atoms with Gasteiger partial charge in [-0.05, 0) is 32.0 Å². The molecule has 0 heterocycles. The Morgan fingerprint density at radius 2 is 1.86 bits per heavy atom. The van der Waals surface area contributed by atoms with Gasteiger partial charge in [-0.1, -0.05) is 15.9 Å². The molecule has 0 atom stereocenters. The molecule has 0 aliphatic rings. The Morgan fingerprint density at radius 1 is 1.21 bits per heavy atom. The monoisotopic (exact) mass is 264 g/mol. The van der Waals surface area contributed by atoms with Crippen molar-refractivity contribution in [1.82, 2.24) is 0 Å². The molecule has 4 heteroatoms. The van der Waals surface area contributed by atoms with E-state index in [0.717, 1.165) is 0 Å². The van der Waals surface area contributed by atoms with E-state index in [4.69, 9.17) is 4.74 Å². The van der Waals surface area contributed by atoms with Gasteiger partial charge in [0, 0.05) is 10.0 Å². The molecule has 0 bridgehead atoms. The molecule has 1 rings (SSSR count). The van der Waals surface area contributed by atoms with Gasteiger partial charge in [0.2, 0.25) is 0 Å². The van der Waals surface area contributed by atoms with Gasteiger partial charge in [-0.2, -0.15) is 0 Å². The summed E-state index contributed by atoms with van der Waals surface area (Å²) in [5.74, 6) is 0.463. The molecule has 0 saturated carbocycles. The number of hydrogen-bond donors (Lipinski definition) is 0. The summed E-state index contributed by atoms with van der Waals surface area (Å²) in [5, 5.41) is 0. The predicted molar refractivity (Wildman–Crippen MR) is 54.9 cm³/mol. The molecule has 0 saturated heterocycles. The SMILES string of the molecule is CC(C)Oc1cc(Br)cc(C(F)F)c1. The minimum atomic E-state index is -2.47. The maximum atomic E-state index is 12.4. The van der Waals surface area contributed by atoms with E-state index in [-0.39, 0.29) is 11.7 Å². The lowest BCUT2D eigenvalue weighted by Crippen LogP contribution is -2.05. The maximum absolute atomic E-state index is 12.4. The van der Waals surface area contributed by atoms with E-state index in [1.54, 1.807) is 6.07 Å². The van der Waals surface area contributed by atoms with Crippen molar-refractivity contribution in [1.29, 1.82) is 0 Å². The zero-order valence-electron chi connectivity index (χ0n) is 7.93. The van der Waals surface area contributed by atoms with Crippen LogP contribution in [0.2, 0.25) is 0 Å². The number of rotatable bonds is 3. The smallest absolute Gasteiger partial charge is 0.264 e. The molecular formula is C10H11BrF2O. The van der Waals surface area contributed by atoms with Crippen LogP contribution in [-0.2, 0) is 0 Å². The topological polar surface area (TPSA) is 9.23 Å². The Hall–Kier alpha value is -0.640. The van der Waals surface area contributed by atoms with Crippen molar-refractivity contribution < 1.29 is 13.5 Å². The van der Waals surface area contributed by atoms with Crippen LogP contribution in [0.4, 0.5) is 8.78 Å². The fourth-order valence-electron chi connectivity index (χ4n) is 1.05. The van der Waals surface area contributed by atoms with Crippen LogP contribution in [-0.4, -0.2) is 6.10 Å². The molecule has 1 aromatic rings. The third kappa shape index (κ3) is 3.25. The molecule has 0 fully saturated rings. The van der Waals surface area contributed by atoms with E-state index in [9.17, 15) is 8.78 Å². The van der Waals surface area contributed by atoms with E-state index in [1.165, 1.54) is 12.1 Å². The van der Waals surface area contributed by atoms with Gasteiger partial charge in [0.25, 0.3) is 6.43 Å². The summed E-state index contributed by atoms with van der Waals surface area (Å²) in [5.41, 5.74) is -0.0324. The Bertz CT molecular complexity index is 313. The summed E-state index contributed by atoms with van der Waals surface area (Å²) < 4.78 is 30.7. The molecule has 0 radical (unpaired) electrons. The zero-order chi connectivity index (χ0) is 10.7. The number of alkyl halides is 2. The lowest BCUT2D eigenvalue weighted by molar-refractivity contribution is 0.150. The quantitative estimate of drug-likeness (QED) is 0.796. The van der Waals surface area contributed by atoms with E-state index in [0.29, 0.717) is 10.2 Å². The molecule has 1 aromatic carbocycles.